The van der Waals surface area contributed by atoms with Crippen molar-refractivity contribution in [1.29, 1.82) is 0 Å². The summed E-state index contributed by atoms with van der Waals surface area (Å²) in [6.07, 6.45) is 1.71. The summed E-state index contributed by atoms with van der Waals surface area (Å²) < 4.78 is 3.66. The minimum atomic E-state index is 0.109. The molecule has 0 N–H and O–H groups in total. The maximum absolute atomic E-state index is 6.23. The van der Waals surface area contributed by atoms with E-state index in [0.29, 0.717) is 6.54 Å². The van der Waals surface area contributed by atoms with E-state index in [1.165, 1.54) is 0 Å². The van der Waals surface area contributed by atoms with Crippen molar-refractivity contribution >= 4 is 28.2 Å². The van der Waals surface area contributed by atoms with Crippen LogP contribution in [0.25, 0.3) is 16.6 Å². The molecule has 0 aliphatic heterocycles. The normalized spacial score (nSPS) is 13.0. The smallest absolute Gasteiger partial charge is 0.166 e. The maximum atomic E-state index is 6.23. The average Bonchev–Trinajstić information content (AvgIpc) is 3.13. The Bertz CT molecular complexity index is 1050. The number of aryl methyl sites for hydroxylation is 1. The number of rotatable bonds is 3. The zero-order valence-electron chi connectivity index (χ0n) is 13.7. The van der Waals surface area contributed by atoms with Gasteiger partial charge in [0.05, 0.1) is 28.5 Å². The van der Waals surface area contributed by atoms with Gasteiger partial charge >= 0.3 is 0 Å². The summed E-state index contributed by atoms with van der Waals surface area (Å²) in [5.41, 5.74) is 3.56. The van der Waals surface area contributed by atoms with Gasteiger partial charge in [-0.25, -0.2) is 14.5 Å². The third-order valence-corrected chi connectivity index (χ3v) is 4.83. The molecule has 3 heterocycles. The average molecular weight is 341 g/mol. The van der Waals surface area contributed by atoms with Crippen LogP contribution in [-0.2, 0) is 6.54 Å². The number of hydrogen-bond acceptors (Lipinski definition) is 4. The number of nitrogens with zero attached hydrogens (tertiary/aromatic N) is 6. The van der Waals surface area contributed by atoms with Crippen molar-refractivity contribution in [3.63, 3.8) is 0 Å². The molecule has 4 rings (SSSR count). The lowest BCUT2D eigenvalue weighted by Crippen LogP contribution is -2.10. The van der Waals surface area contributed by atoms with Gasteiger partial charge in [-0.2, -0.15) is 5.10 Å². The van der Waals surface area contributed by atoms with E-state index in [1.807, 2.05) is 42.8 Å². The second-order valence-corrected chi connectivity index (χ2v) is 6.45. The number of benzene rings is 1. The Morgan fingerprint density at radius 2 is 1.96 bits per heavy atom. The second kappa shape index (κ2) is 5.56. The summed E-state index contributed by atoms with van der Waals surface area (Å²) in [7, 11) is 0. The Labute approximate surface area is 144 Å². The topological polar surface area (TPSA) is 60.9 Å². The summed E-state index contributed by atoms with van der Waals surface area (Å²) in [5.74, 6) is 0.884. The Balaban J connectivity index is 1.73. The van der Waals surface area contributed by atoms with E-state index < -0.39 is 0 Å². The van der Waals surface area contributed by atoms with Gasteiger partial charge in [0.1, 0.15) is 6.33 Å². The molecule has 0 aliphatic rings. The maximum Gasteiger partial charge on any atom is 0.166 e. The van der Waals surface area contributed by atoms with Gasteiger partial charge in [-0.05, 0) is 26.0 Å². The standard InChI is InChI=1S/C17H17ClN6/c1-10(8-23-12(3)15(18)11(2)21-23)16-20-17-13-6-4-5-7-14(13)19-9-24(17)22-16/h4-7,9-10H,8H2,1-3H3. The predicted octanol–water partition coefficient (Wildman–Crippen LogP) is 3.55. The highest BCUT2D eigenvalue weighted by Gasteiger charge is 2.17. The first-order chi connectivity index (χ1) is 11.5. The monoisotopic (exact) mass is 340 g/mol. The predicted molar refractivity (Wildman–Crippen MR) is 93.4 cm³/mol. The highest BCUT2D eigenvalue weighted by Crippen LogP contribution is 2.23. The number of para-hydroxylation sites is 1. The van der Waals surface area contributed by atoms with Gasteiger partial charge in [-0.15, -0.1) is 5.10 Å². The molecule has 6 nitrogen and oxygen atoms in total. The van der Waals surface area contributed by atoms with Crippen molar-refractivity contribution in [2.45, 2.75) is 33.2 Å². The highest BCUT2D eigenvalue weighted by atomic mass is 35.5. The third kappa shape index (κ3) is 2.34. The number of hydrogen-bond donors (Lipinski definition) is 0. The molecule has 0 spiro atoms. The minimum absolute atomic E-state index is 0.109. The minimum Gasteiger partial charge on any atom is -0.267 e. The highest BCUT2D eigenvalue weighted by molar-refractivity contribution is 6.31. The van der Waals surface area contributed by atoms with Gasteiger partial charge < -0.3 is 0 Å². The second-order valence-electron chi connectivity index (χ2n) is 6.07. The third-order valence-electron chi connectivity index (χ3n) is 4.28. The Morgan fingerprint density at radius 1 is 1.17 bits per heavy atom. The molecule has 7 heteroatoms. The van der Waals surface area contributed by atoms with E-state index >= 15 is 0 Å². The Morgan fingerprint density at radius 3 is 2.71 bits per heavy atom. The molecular weight excluding hydrogens is 324 g/mol. The zero-order chi connectivity index (χ0) is 16.8. The van der Waals surface area contributed by atoms with Crippen LogP contribution in [-0.4, -0.2) is 29.4 Å². The number of aromatic nitrogens is 6. The van der Waals surface area contributed by atoms with Crippen molar-refractivity contribution in [1.82, 2.24) is 29.4 Å². The zero-order valence-corrected chi connectivity index (χ0v) is 14.5. The molecule has 1 aromatic carbocycles. The van der Waals surface area contributed by atoms with E-state index in [0.717, 1.165) is 38.8 Å². The van der Waals surface area contributed by atoms with E-state index in [-0.39, 0.29) is 5.92 Å². The van der Waals surface area contributed by atoms with Crippen LogP contribution in [0.3, 0.4) is 0 Å². The van der Waals surface area contributed by atoms with Crippen LogP contribution in [0.5, 0.6) is 0 Å². The van der Waals surface area contributed by atoms with Crippen molar-refractivity contribution in [3.05, 3.63) is 52.8 Å². The molecule has 0 bridgehead atoms. The van der Waals surface area contributed by atoms with E-state index in [1.54, 1.807) is 10.8 Å². The summed E-state index contributed by atoms with van der Waals surface area (Å²) in [6.45, 7) is 6.66. The van der Waals surface area contributed by atoms with Crippen LogP contribution in [0.2, 0.25) is 5.02 Å². The molecule has 3 aromatic heterocycles. The molecule has 0 saturated carbocycles. The molecule has 1 unspecified atom stereocenters. The van der Waals surface area contributed by atoms with Crippen LogP contribution >= 0.6 is 11.6 Å². The molecule has 1 atom stereocenters. The first-order valence-electron chi connectivity index (χ1n) is 7.84. The van der Waals surface area contributed by atoms with Crippen molar-refractivity contribution in [2.24, 2.45) is 0 Å². The summed E-state index contributed by atoms with van der Waals surface area (Å²) >= 11 is 6.23. The van der Waals surface area contributed by atoms with Crippen molar-refractivity contribution in [2.75, 3.05) is 0 Å². The molecule has 122 valence electrons. The molecule has 0 amide bonds. The van der Waals surface area contributed by atoms with Crippen LogP contribution in [0, 0.1) is 13.8 Å². The molecule has 0 radical (unpaired) electrons. The van der Waals surface area contributed by atoms with Crippen LogP contribution in [0.1, 0.15) is 30.1 Å². The van der Waals surface area contributed by atoms with Gasteiger partial charge in [0, 0.05) is 11.3 Å². The number of halogens is 1. The summed E-state index contributed by atoms with van der Waals surface area (Å²) in [4.78, 5) is 9.15. The largest absolute Gasteiger partial charge is 0.267 e. The lowest BCUT2D eigenvalue weighted by molar-refractivity contribution is 0.512. The lowest BCUT2D eigenvalue weighted by Gasteiger charge is -2.09. The van der Waals surface area contributed by atoms with Gasteiger partial charge in [0.2, 0.25) is 0 Å². The van der Waals surface area contributed by atoms with E-state index in [9.17, 15) is 0 Å². The summed E-state index contributed by atoms with van der Waals surface area (Å²) in [6, 6.07) is 7.95. The fourth-order valence-corrected chi connectivity index (χ4v) is 3.03. The van der Waals surface area contributed by atoms with Crippen molar-refractivity contribution < 1.29 is 0 Å². The molecule has 24 heavy (non-hydrogen) atoms. The Kier molecular flexibility index (Phi) is 3.49. The fourth-order valence-electron chi connectivity index (χ4n) is 2.90. The number of fused-ring (bicyclic) bond motifs is 3. The first kappa shape index (κ1) is 15.1. The molecule has 0 aliphatic carbocycles. The van der Waals surface area contributed by atoms with Gasteiger partial charge in [-0.1, -0.05) is 30.7 Å². The van der Waals surface area contributed by atoms with Crippen LogP contribution < -0.4 is 0 Å². The van der Waals surface area contributed by atoms with Crippen LogP contribution in [0.4, 0.5) is 0 Å². The van der Waals surface area contributed by atoms with E-state index in [2.05, 4.69) is 22.1 Å². The lowest BCUT2D eigenvalue weighted by atomic mass is 10.1. The van der Waals surface area contributed by atoms with Gasteiger partial charge in [-0.3, -0.25) is 4.68 Å². The molecule has 0 fully saturated rings. The molecule has 0 saturated heterocycles. The molecule has 4 aromatic rings. The van der Waals surface area contributed by atoms with Crippen LogP contribution in [0.15, 0.2) is 30.6 Å². The Hall–Kier alpha value is -2.47. The van der Waals surface area contributed by atoms with Crippen molar-refractivity contribution in [3.8, 4) is 0 Å². The van der Waals surface area contributed by atoms with Gasteiger partial charge in [0.15, 0.2) is 11.5 Å². The SMILES string of the molecule is Cc1nn(CC(C)c2nc3c4ccccc4ncn3n2)c(C)c1Cl. The first-order valence-corrected chi connectivity index (χ1v) is 8.22. The quantitative estimate of drug-likeness (QED) is 0.572. The van der Waals surface area contributed by atoms with E-state index in [4.69, 9.17) is 16.6 Å². The van der Waals surface area contributed by atoms with Gasteiger partial charge in [0.25, 0.3) is 0 Å². The fraction of sp³-hybridized carbons (Fsp3) is 0.294. The molecular formula is C17H17ClN6. The summed E-state index contributed by atoms with van der Waals surface area (Å²) in [5, 5.41) is 10.8.